The molecule has 0 bridgehead atoms. The van der Waals surface area contributed by atoms with E-state index in [-0.39, 0.29) is 30.6 Å². The second-order valence-electron chi connectivity index (χ2n) is 6.75. The summed E-state index contributed by atoms with van der Waals surface area (Å²) in [5.74, 6) is -0.757. The standard InChI is InChI=1S/C21H24N2O5S/c1-14-10-16(15(2)22(14)8-9-27-3)18(24)12-28-21(26)11-23-17-6-4-5-7-19(17)29-13-20(23)25/h4-7,10H,8-9,11-13H2,1-3H3. The summed E-state index contributed by atoms with van der Waals surface area (Å²) in [7, 11) is 1.63. The van der Waals surface area contributed by atoms with E-state index in [0.717, 1.165) is 16.3 Å². The molecule has 1 aliphatic rings. The Morgan fingerprint density at radius 1 is 1.21 bits per heavy atom. The van der Waals surface area contributed by atoms with Crippen LogP contribution in [0.1, 0.15) is 21.7 Å². The zero-order valence-corrected chi connectivity index (χ0v) is 17.6. The maximum atomic E-state index is 12.6. The van der Waals surface area contributed by atoms with Gasteiger partial charge in [-0.05, 0) is 32.0 Å². The van der Waals surface area contributed by atoms with Gasteiger partial charge in [0.05, 0.1) is 18.0 Å². The van der Waals surface area contributed by atoms with Crippen molar-refractivity contribution in [2.45, 2.75) is 25.3 Å². The molecule has 0 unspecified atom stereocenters. The maximum Gasteiger partial charge on any atom is 0.326 e. The molecular formula is C21H24N2O5S. The molecule has 0 N–H and O–H groups in total. The number of ketones is 1. The van der Waals surface area contributed by atoms with Gasteiger partial charge in [0, 0.05) is 35.5 Å². The van der Waals surface area contributed by atoms with Crippen LogP contribution in [0.5, 0.6) is 0 Å². The molecule has 0 saturated carbocycles. The van der Waals surface area contributed by atoms with Crippen LogP contribution < -0.4 is 4.90 Å². The van der Waals surface area contributed by atoms with Gasteiger partial charge >= 0.3 is 5.97 Å². The second kappa shape index (κ2) is 9.28. The van der Waals surface area contributed by atoms with Crippen LogP contribution in [0.4, 0.5) is 5.69 Å². The molecule has 29 heavy (non-hydrogen) atoms. The predicted octanol–water partition coefficient (Wildman–Crippen LogP) is 2.62. The SMILES string of the molecule is COCCn1c(C)cc(C(=O)COC(=O)CN2C(=O)CSc3ccccc32)c1C. The summed E-state index contributed by atoms with van der Waals surface area (Å²) in [5, 5.41) is 0. The van der Waals surface area contributed by atoms with Gasteiger partial charge < -0.3 is 14.0 Å². The van der Waals surface area contributed by atoms with Gasteiger partial charge in [0.25, 0.3) is 0 Å². The molecule has 1 amide bonds. The van der Waals surface area contributed by atoms with Crippen LogP contribution in [-0.4, -0.2) is 54.8 Å². The number of hydrogen-bond acceptors (Lipinski definition) is 6. The first kappa shape index (κ1) is 21.1. The molecule has 154 valence electrons. The van der Waals surface area contributed by atoms with Crippen molar-refractivity contribution in [1.82, 2.24) is 4.57 Å². The van der Waals surface area contributed by atoms with Crippen molar-refractivity contribution in [2.75, 3.05) is 37.5 Å². The van der Waals surface area contributed by atoms with Gasteiger partial charge in [-0.2, -0.15) is 0 Å². The van der Waals surface area contributed by atoms with Gasteiger partial charge in [0.15, 0.2) is 6.61 Å². The fourth-order valence-electron chi connectivity index (χ4n) is 3.34. The highest BCUT2D eigenvalue weighted by molar-refractivity contribution is 8.00. The molecule has 0 atom stereocenters. The van der Waals surface area contributed by atoms with Gasteiger partial charge in [-0.15, -0.1) is 11.8 Å². The number of ether oxygens (including phenoxy) is 2. The summed E-state index contributed by atoms with van der Waals surface area (Å²) < 4.78 is 12.3. The zero-order valence-electron chi connectivity index (χ0n) is 16.8. The van der Waals surface area contributed by atoms with E-state index in [1.54, 1.807) is 19.2 Å². The quantitative estimate of drug-likeness (QED) is 0.486. The number of rotatable bonds is 8. The van der Waals surface area contributed by atoms with E-state index in [2.05, 4.69) is 0 Å². The number of nitrogens with zero attached hydrogens (tertiary/aromatic N) is 2. The number of benzene rings is 1. The molecule has 0 fully saturated rings. The van der Waals surface area contributed by atoms with Crippen LogP contribution in [0.3, 0.4) is 0 Å². The number of esters is 1. The van der Waals surface area contributed by atoms with E-state index in [1.807, 2.05) is 36.6 Å². The molecule has 2 aromatic rings. The fraction of sp³-hybridized carbons (Fsp3) is 0.381. The van der Waals surface area contributed by atoms with Gasteiger partial charge in [-0.25, -0.2) is 0 Å². The average molecular weight is 416 g/mol. The average Bonchev–Trinajstić information content (AvgIpc) is 3.00. The minimum Gasteiger partial charge on any atom is -0.456 e. The van der Waals surface area contributed by atoms with Crippen LogP contribution in [-0.2, 0) is 25.6 Å². The summed E-state index contributed by atoms with van der Waals surface area (Å²) in [5.41, 5.74) is 2.99. The third-order valence-corrected chi connectivity index (χ3v) is 5.90. The zero-order chi connectivity index (χ0) is 21.0. The Labute approximate surface area is 174 Å². The minimum atomic E-state index is -0.610. The molecule has 2 heterocycles. The monoisotopic (exact) mass is 416 g/mol. The van der Waals surface area contributed by atoms with Crippen molar-refractivity contribution in [3.8, 4) is 0 Å². The summed E-state index contributed by atoms with van der Waals surface area (Å²) >= 11 is 1.45. The molecule has 0 aliphatic carbocycles. The van der Waals surface area contributed by atoms with Gasteiger partial charge in [-0.1, -0.05) is 12.1 Å². The lowest BCUT2D eigenvalue weighted by atomic mass is 10.1. The Balaban J connectivity index is 1.61. The molecule has 1 aromatic heterocycles. The number of aromatic nitrogens is 1. The van der Waals surface area contributed by atoms with E-state index in [9.17, 15) is 14.4 Å². The number of fused-ring (bicyclic) bond motifs is 1. The third kappa shape index (κ3) is 4.71. The number of para-hydroxylation sites is 1. The number of hydrogen-bond donors (Lipinski definition) is 0. The third-order valence-electron chi connectivity index (χ3n) is 4.85. The number of aryl methyl sites for hydroxylation is 1. The number of carbonyl (C=O) groups is 3. The van der Waals surface area contributed by atoms with E-state index < -0.39 is 5.97 Å². The van der Waals surface area contributed by atoms with E-state index >= 15 is 0 Å². The Hall–Kier alpha value is -2.58. The molecular weight excluding hydrogens is 392 g/mol. The number of methoxy groups -OCH3 is 1. The highest BCUT2D eigenvalue weighted by atomic mass is 32.2. The molecule has 1 aromatic carbocycles. The van der Waals surface area contributed by atoms with Crippen LogP contribution in [0.25, 0.3) is 0 Å². The Morgan fingerprint density at radius 3 is 2.72 bits per heavy atom. The van der Waals surface area contributed by atoms with Crippen molar-refractivity contribution in [3.63, 3.8) is 0 Å². The molecule has 8 heteroatoms. The van der Waals surface area contributed by atoms with Crippen molar-refractivity contribution >= 4 is 35.1 Å². The first-order valence-electron chi connectivity index (χ1n) is 9.29. The number of amides is 1. The molecule has 0 spiro atoms. The second-order valence-corrected chi connectivity index (χ2v) is 7.77. The topological polar surface area (TPSA) is 77.8 Å². The maximum absolute atomic E-state index is 12.6. The summed E-state index contributed by atoms with van der Waals surface area (Å²) in [4.78, 5) is 39.5. The molecule has 0 saturated heterocycles. The van der Waals surface area contributed by atoms with E-state index in [1.165, 1.54) is 16.7 Å². The number of thioether (sulfide) groups is 1. The van der Waals surface area contributed by atoms with Crippen LogP contribution in [0, 0.1) is 13.8 Å². The van der Waals surface area contributed by atoms with E-state index in [0.29, 0.717) is 24.4 Å². The number of Topliss-reactive ketones (excluding diaryl/α,β-unsaturated/α-hetero) is 1. The molecule has 1 aliphatic heterocycles. The Kier molecular flexibility index (Phi) is 6.76. The first-order valence-corrected chi connectivity index (χ1v) is 10.3. The van der Waals surface area contributed by atoms with Crippen LogP contribution >= 0.6 is 11.8 Å². The largest absolute Gasteiger partial charge is 0.456 e. The Morgan fingerprint density at radius 2 is 1.97 bits per heavy atom. The van der Waals surface area contributed by atoms with Gasteiger partial charge in [0.1, 0.15) is 6.54 Å². The Bertz CT molecular complexity index is 937. The lowest BCUT2D eigenvalue weighted by molar-refractivity contribution is -0.141. The van der Waals surface area contributed by atoms with Crippen LogP contribution in [0.2, 0.25) is 0 Å². The van der Waals surface area contributed by atoms with Gasteiger partial charge in [0.2, 0.25) is 11.7 Å². The van der Waals surface area contributed by atoms with Crippen molar-refractivity contribution < 1.29 is 23.9 Å². The van der Waals surface area contributed by atoms with E-state index in [4.69, 9.17) is 9.47 Å². The summed E-state index contributed by atoms with van der Waals surface area (Å²) in [6.07, 6.45) is 0. The van der Waals surface area contributed by atoms with Crippen molar-refractivity contribution in [3.05, 3.63) is 47.3 Å². The summed E-state index contributed by atoms with van der Waals surface area (Å²) in [6.45, 7) is 4.41. The highest BCUT2D eigenvalue weighted by Crippen LogP contribution is 2.34. The lowest BCUT2D eigenvalue weighted by Gasteiger charge is -2.27. The predicted molar refractivity (Wildman–Crippen MR) is 111 cm³/mol. The fourth-order valence-corrected chi connectivity index (χ4v) is 4.27. The first-order chi connectivity index (χ1) is 13.9. The van der Waals surface area contributed by atoms with Crippen molar-refractivity contribution in [2.24, 2.45) is 0 Å². The smallest absolute Gasteiger partial charge is 0.326 e. The minimum absolute atomic E-state index is 0.154. The molecule has 0 radical (unpaired) electrons. The lowest BCUT2D eigenvalue weighted by Crippen LogP contribution is -2.40. The highest BCUT2D eigenvalue weighted by Gasteiger charge is 2.27. The summed E-state index contributed by atoms with van der Waals surface area (Å²) in [6, 6.07) is 9.21. The van der Waals surface area contributed by atoms with Crippen LogP contribution in [0.15, 0.2) is 35.2 Å². The number of carbonyl (C=O) groups excluding carboxylic acids is 3. The van der Waals surface area contributed by atoms with Crippen molar-refractivity contribution in [1.29, 1.82) is 0 Å². The van der Waals surface area contributed by atoms with Gasteiger partial charge in [-0.3, -0.25) is 19.3 Å². The molecule has 3 rings (SSSR count). The normalized spacial score (nSPS) is 13.3. The molecule has 7 nitrogen and oxygen atoms in total. The number of anilines is 1.